The summed E-state index contributed by atoms with van der Waals surface area (Å²) >= 11 is 3.26. The van der Waals surface area contributed by atoms with Crippen molar-refractivity contribution in [3.8, 4) is 5.75 Å². The van der Waals surface area contributed by atoms with E-state index in [1.165, 1.54) is 32.4 Å². The molecule has 156 valence electrons. The minimum absolute atomic E-state index is 0.131. The fraction of sp³-hybridized carbons (Fsp3) is 0.318. The van der Waals surface area contributed by atoms with Crippen LogP contribution in [0.25, 0.3) is 4.96 Å². The second kappa shape index (κ2) is 9.07. The van der Waals surface area contributed by atoms with Crippen LogP contribution in [0.3, 0.4) is 0 Å². The molecule has 3 aromatic heterocycles. The number of benzene rings is 1. The Morgan fingerprint density at radius 3 is 2.70 bits per heavy atom. The van der Waals surface area contributed by atoms with E-state index < -0.39 is 0 Å². The number of ether oxygens (including phenoxy) is 1. The summed E-state index contributed by atoms with van der Waals surface area (Å²) in [5.41, 5.74) is 1.80. The maximum atomic E-state index is 12.2. The second-order valence-corrected chi connectivity index (χ2v) is 9.38. The van der Waals surface area contributed by atoms with Gasteiger partial charge < -0.3 is 4.74 Å². The molecule has 0 unspecified atom stereocenters. The predicted molar refractivity (Wildman–Crippen MR) is 122 cm³/mol. The molecular weight excluding hydrogens is 416 g/mol. The summed E-state index contributed by atoms with van der Waals surface area (Å²) in [7, 11) is 1.68. The molecule has 4 rings (SSSR count). The quantitative estimate of drug-likeness (QED) is 0.412. The van der Waals surface area contributed by atoms with Crippen molar-refractivity contribution in [3.63, 3.8) is 0 Å². The van der Waals surface area contributed by atoms with Gasteiger partial charge in [0, 0.05) is 29.2 Å². The van der Waals surface area contributed by atoms with Gasteiger partial charge in [-0.25, -0.2) is 4.98 Å². The first-order chi connectivity index (χ1) is 14.5. The molecule has 4 aromatic rings. The monoisotopic (exact) mass is 440 g/mol. The fourth-order valence-corrected chi connectivity index (χ4v) is 5.18. The van der Waals surface area contributed by atoms with Gasteiger partial charge in [-0.15, -0.1) is 11.3 Å². The normalized spacial score (nSPS) is 12.5. The van der Waals surface area contributed by atoms with Crippen LogP contribution >= 0.6 is 22.7 Å². The molecule has 0 spiro atoms. The van der Waals surface area contributed by atoms with Gasteiger partial charge >= 0.3 is 0 Å². The summed E-state index contributed by atoms with van der Waals surface area (Å²) in [6, 6.07) is 14.3. The van der Waals surface area contributed by atoms with Gasteiger partial charge in [0.15, 0.2) is 0 Å². The highest BCUT2D eigenvalue weighted by molar-refractivity contribution is 7.16. The van der Waals surface area contributed by atoms with Crippen LogP contribution in [0, 0.1) is 6.92 Å². The van der Waals surface area contributed by atoms with Crippen LogP contribution in [0.2, 0.25) is 0 Å². The van der Waals surface area contributed by atoms with Crippen LogP contribution in [0.5, 0.6) is 5.75 Å². The van der Waals surface area contributed by atoms with E-state index in [9.17, 15) is 4.79 Å². The number of thiophene rings is 1. The van der Waals surface area contributed by atoms with E-state index in [0.29, 0.717) is 17.5 Å². The first kappa shape index (κ1) is 20.7. The lowest BCUT2D eigenvalue weighted by atomic mass is 10.1. The molecule has 0 fully saturated rings. The number of nitrogens with zero attached hydrogens (tertiary/aromatic N) is 4. The van der Waals surface area contributed by atoms with Crippen molar-refractivity contribution in [1.82, 2.24) is 19.5 Å². The number of methoxy groups -OCH3 is 1. The molecule has 0 saturated heterocycles. The molecule has 1 aromatic carbocycles. The lowest BCUT2D eigenvalue weighted by Crippen LogP contribution is -2.33. The number of hydrogen-bond donors (Lipinski definition) is 0. The van der Waals surface area contributed by atoms with Gasteiger partial charge in [0.25, 0.3) is 5.56 Å². The van der Waals surface area contributed by atoms with Crippen LogP contribution in [-0.4, -0.2) is 32.6 Å². The molecule has 0 bridgehead atoms. The van der Waals surface area contributed by atoms with Crippen molar-refractivity contribution in [1.29, 1.82) is 0 Å². The number of hydrogen-bond acceptors (Lipinski definition) is 7. The maximum Gasteiger partial charge on any atom is 0.275 e. The second-order valence-electron chi connectivity index (χ2n) is 7.31. The van der Waals surface area contributed by atoms with Crippen molar-refractivity contribution in [2.75, 3.05) is 7.11 Å². The zero-order chi connectivity index (χ0) is 21.1. The van der Waals surface area contributed by atoms with E-state index in [1.807, 2.05) is 19.1 Å². The summed E-state index contributed by atoms with van der Waals surface area (Å²) in [4.78, 5) is 21.1. The van der Waals surface area contributed by atoms with E-state index in [2.05, 4.69) is 51.6 Å². The van der Waals surface area contributed by atoms with Gasteiger partial charge in [0.2, 0.25) is 4.96 Å². The Hall–Kier alpha value is -2.55. The molecule has 0 N–H and O–H groups in total. The largest absolute Gasteiger partial charge is 0.497 e. The predicted octanol–water partition coefficient (Wildman–Crippen LogP) is 4.16. The van der Waals surface area contributed by atoms with E-state index in [-0.39, 0.29) is 5.56 Å². The maximum absolute atomic E-state index is 12.2. The van der Waals surface area contributed by atoms with Gasteiger partial charge in [-0.05, 0) is 49.4 Å². The zero-order valence-corrected chi connectivity index (χ0v) is 18.9. The van der Waals surface area contributed by atoms with Gasteiger partial charge in [0.1, 0.15) is 10.8 Å². The van der Waals surface area contributed by atoms with Crippen LogP contribution in [0.4, 0.5) is 0 Å². The number of fused-ring (bicyclic) bond motifs is 1. The Labute approximate surface area is 183 Å². The summed E-state index contributed by atoms with van der Waals surface area (Å²) in [6.07, 6.45) is 0.968. The van der Waals surface area contributed by atoms with E-state index in [4.69, 9.17) is 4.74 Å². The smallest absolute Gasteiger partial charge is 0.275 e. The Morgan fingerprint density at radius 1 is 1.20 bits per heavy atom. The third-order valence-corrected chi connectivity index (χ3v) is 6.79. The average Bonchev–Trinajstić information content (AvgIpc) is 3.37. The third kappa shape index (κ3) is 4.77. The standard InChI is InChI=1S/C22H24N4O2S2/c1-15-11-21(27)26-22(23-15)30-20(24-26)14-25(16(2)12-19-5-4-10-29-19)13-17-6-8-18(28-3)9-7-17/h4-11,16H,12-14H2,1-3H3/t16-/m1/s1. The van der Waals surface area contributed by atoms with Crippen molar-refractivity contribution >= 4 is 27.6 Å². The van der Waals surface area contributed by atoms with Gasteiger partial charge in [-0.2, -0.15) is 9.61 Å². The van der Waals surface area contributed by atoms with E-state index in [1.54, 1.807) is 18.4 Å². The topological polar surface area (TPSA) is 59.7 Å². The SMILES string of the molecule is COc1ccc(CN(Cc2nn3c(=O)cc(C)nc3s2)[C@H](C)Cc2cccs2)cc1. The molecule has 8 heteroatoms. The molecule has 30 heavy (non-hydrogen) atoms. The van der Waals surface area contributed by atoms with Crippen molar-refractivity contribution in [2.24, 2.45) is 0 Å². The molecule has 0 aliphatic rings. The highest BCUT2D eigenvalue weighted by Crippen LogP contribution is 2.22. The molecule has 3 heterocycles. The highest BCUT2D eigenvalue weighted by Gasteiger charge is 2.19. The number of aromatic nitrogens is 3. The summed E-state index contributed by atoms with van der Waals surface area (Å²) in [5, 5.41) is 7.54. The molecule has 0 aliphatic heterocycles. The zero-order valence-electron chi connectivity index (χ0n) is 17.2. The Morgan fingerprint density at radius 2 is 2.00 bits per heavy atom. The van der Waals surface area contributed by atoms with E-state index in [0.717, 1.165) is 29.4 Å². The van der Waals surface area contributed by atoms with Gasteiger partial charge in [0.05, 0.1) is 13.7 Å². The van der Waals surface area contributed by atoms with E-state index >= 15 is 0 Å². The fourth-order valence-electron chi connectivity index (χ4n) is 3.38. The molecular formula is C22H24N4O2S2. The minimum Gasteiger partial charge on any atom is -0.497 e. The third-order valence-electron chi connectivity index (χ3n) is 5.00. The molecule has 1 atom stereocenters. The average molecular weight is 441 g/mol. The summed E-state index contributed by atoms with van der Waals surface area (Å²) < 4.78 is 6.69. The van der Waals surface area contributed by atoms with Gasteiger partial charge in [-0.3, -0.25) is 9.69 Å². The molecule has 0 amide bonds. The molecule has 0 radical (unpaired) electrons. The lowest BCUT2D eigenvalue weighted by molar-refractivity contribution is 0.189. The first-order valence-electron chi connectivity index (χ1n) is 9.77. The minimum atomic E-state index is -0.131. The van der Waals surface area contributed by atoms with Gasteiger partial charge in [-0.1, -0.05) is 29.5 Å². The van der Waals surface area contributed by atoms with Crippen molar-refractivity contribution < 1.29 is 4.74 Å². The Bertz CT molecular complexity index is 1170. The van der Waals surface area contributed by atoms with Crippen LogP contribution in [0.15, 0.2) is 52.6 Å². The van der Waals surface area contributed by atoms with Crippen molar-refractivity contribution in [3.05, 3.63) is 79.3 Å². The number of aryl methyl sites for hydroxylation is 1. The first-order valence-corrected chi connectivity index (χ1v) is 11.5. The highest BCUT2D eigenvalue weighted by atomic mass is 32.1. The van der Waals surface area contributed by atoms with Crippen LogP contribution in [-0.2, 0) is 19.5 Å². The summed E-state index contributed by atoms with van der Waals surface area (Å²) in [6.45, 7) is 5.52. The molecule has 6 nitrogen and oxygen atoms in total. The summed E-state index contributed by atoms with van der Waals surface area (Å²) in [5.74, 6) is 0.851. The number of rotatable bonds is 8. The van der Waals surface area contributed by atoms with Crippen LogP contribution in [0.1, 0.15) is 28.1 Å². The van der Waals surface area contributed by atoms with Crippen LogP contribution < -0.4 is 10.3 Å². The molecule has 0 aliphatic carbocycles. The van der Waals surface area contributed by atoms with Crippen molar-refractivity contribution in [2.45, 2.75) is 39.4 Å². The Balaban J connectivity index is 1.60. The Kier molecular flexibility index (Phi) is 6.26. The molecule has 0 saturated carbocycles. The lowest BCUT2D eigenvalue weighted by Gasteiger charge is -2.28.